The molecule has 0 unspecified atom stereocenters. The Morgan fingerprint density at radius 1 is 1.00 bits per heavy atom. The van der Waals surface area contributed by atoms with Gasteiger partial charge in [0, 0.05) is 25.1 Å². The summed E-state index contributed by atoms with van der Waals surface area (Å²) in [7, 11) is -3.61. The minimum atomic E-state index is -3.61. The van der Waals surface area contributed by atoms with Crippen LogP contribution in [0.5, 0.6) is 5.75 Å². The molecule has 2 amide bonds. The van der Waals surface area contributed by atoms with Gasteiger partial charge >= 0.3 is 0 Å². The van der Waals surface area contributed by atoms with Crippen LogP contribution in [0.15, 0.2) is 47.4 Å². The average Bonchev–Trinajstić information content (AvgIpc) is 3.35. The van der Waals surface area contributed by atoms with Crippen LogP contribution >= 0.6 is 0 Å². The molecule has 1 heterocycles. The second kappa shape index (κ2) is 11.3. The highest BCUT2D eigenvalue weighted by Gasteiger charge is 2.27. The van der Waals surface area contributed by atoms with Gasteiger partial charge in [-0.2, -0.15) is 4.31 Å². The Hall–Kier alpha value is -2.91. The second-order valence-electron chi connectivity index (χ2n) is 8.22. The van der Waals surface area contributed by atoms with Crippen molar-refractivity contribution in [3.8, 4) is 5.75 Å². The lowest BCUT2D eigenvalue weighted by Crippen LogP contribution is -2.41. The third-order valence-electron chi connectivity index (χ3n) is 5.51. The van der Waals surface area contributed by atoms with Crippen LogP contribution in [0.2, 0.25) is 0 Å². The summed E-state index contributed by atoms with van der Waals surface area (Å²) in [5.41, 5.74) is 7.09. The minimum absolute atomic E-state index is 0.0761. The Kier molecular flexibility index (Phi) is 8.46. The van der Waals surface area contributed by atoms with Gasteiger partial charge in [-0.05, 0) is 74.9 Å². The number of ether oxygens (including phenoxy) is 1. The number of carbonyl (C=O) groups excluding carboxylic acids is 2. The van der Waals surface area contributed by atoms with Crippen LogP contribution in [0.3, 0.4) is 0 Å². The van der Waals surface area contributed by atoms with Crippen LogP contribution in [0.1, 0.15) is 53.6 Å². The molecule has 0 saturated carbocycles. The molecule has 0 radical (unpaired) electrons. The minimum Gasteiger partial charge on any atom is -0.493 e. The Morgan fingerprint density at radius 3 is 2.52 bits per heavy atom. The lowest BCUT2D eigenvalue weighted by Gasteiger charge is -2.16. The van der Waals surface area contributed by atoms with Gasteiger partial charge in [0.15, 0.2) is 0 Å². The van der Waals surface area contributed by atoms with E-state index < -0.39 is 15.9 Å². The van der Waals surface area contributed by atoms with Crippen LogP contribution in [0, 0.1) is 13.8 Å². The highest BCUT2D eigenvalue weighted by molar-refractivity contribution is 7.89. The zero-order chi connectivity index (χ0) is 23.8. The van der Waals surface area contributed by atoms with Crippen molar-refractivity contribution in [1.82, 2.24) is 15.2 Å². The van der Waals surface area contributed by atoms with Gasteiger partial charge in [-0.3, -0.25) is 20.4 Å². The van der Waals surface area contributed by atoms with E-state index in [0.29, 0.717) is 32.5 Å². The van der Waals surface area contributed by atoms with Gasteiger partial charge in [0.1, 0.15) is 5.75 Å². The highest BCUT2D eigenvalue weighted by Crippen LogP contribution is 2.22. The molecule has 1 saturated heterocycles. The van der Waals surface area contributed by atoms with Gasteiger partial charge in [-0.15, -0.1) is 0 Å². The van der Waals surface area contributed by atoms with Crippen molar-refractivity contribution in [2.45, 2.75) is 50.8 Å². The molecule has 1 aliphatic heterocycles. The Bertz CT molecular complexity index is 1100. The number of rotatable bonds is 9. The predicted molar refractivity (Wildman–Crippen MR) is 125 cm³/mol. The number of nitrogens with zero attached hydrogens (tertiary/aromatic N) is 1. The molecule has 8 nitrogen and oxygen atoms in total. The first-order valence-corrected chi connectivity index (χ1v) is 12.6. The van der Waals surface area contributed by atoms with E-state index >= 15 is 0 Å². The zero-order valence-corrected chi connectivity index (χ0v) is 19.9. The molecule has 0 atom stereocenters. The summed E-state index contributed by atoms with van der Waals surface area (Å²) in [6, 6.07) is 11.9. The largest absolute Gasteiger partial charge is 0.493 e. The van der Waals surface area contributed by atoms with Gasteiger partial charge in [0.05, 0.1) is 11.5 Å². The molecular weight excluding hydrogens is 442 g/mol. The molecule has 2 aromatic rings. The number of sulfonamides is 1. The molecule has 2 aromatic carbocycles. The van der Waals surface area contributed by atoms with E-state index in [0.717, 1.165) is 29.7 Å². The molecular formula is C24H31N3O5S. The van der Waals surface area contributed by atoms with Crippen molar-refractivity contribution in [3.63, 3.8) is 0 Å². The summed E-state index contributed by atoms with van der Waals surface area (Å²) < 4.78 is 32.6. The number of benzene rings is 2. The number of unbranched alkanes of at least 4 members (excludes halogenated alkanes) is 1. The van der Waals surface area contributed by atoms with Crippen molar-refractivity contribution in [3.05, 3.63) is 59.2 Å². The first-order valence-electron chi connectivity index (χ1n) is 11.2. The quantitative estimate of drug-likeness (QED) is 0.430. The highest BCUT2D eigenvalue weighted by atomic mass is 32.2. The fraction of sp³-hybridized carbons (Fsp3) is 0.417. The summed E-state index contributed by atoms with van der Waals surface area (Å²) in [4.78, 5) is 24.5. The number of hydrogen-bond donors (Lipinski definition) is 2. The second-order valence-corrected chi connectivity index (χ2v) is 10.2. The average molecular weight is 474 g/mol. The standard InChI is InChI=1S/C24H31N3O5S/c1-18-11-12-19(2)22(16-18)32-15-6-3-10-23(28)25-26-24(29)20-8-7-9-21(17-20)33(30,31)27-13-4-5-14-27/h7-9,11-12,16-17H,3-6,10,13-15H2,1-2H3,(H,25,28)(H,26,29). The van der Waals surface area contributed by atoms with E-state index in [1.165, 1.54) is 28.6 Å². The number of carbonyl (C=O) groups is 2. The fourth-order valence-corrected chi connectivity index (χ4v) is 5.13. The topological polar surface area (TPSA) is 105 Å². The molecule has 33 heavy (non-hydrogen) atoms. The summed E-state index contributed by atoms with van der Waals surface area (Å²) in [6.45, 7) is 5.48. The maximum atomic E-state index is 12.7. The van der Waals surface area contributed by atoms with Crippen LogP contribution in [0.4, 0.5) is 0 Å². The van der Waals surface area contributed by atoms with Crippen LogP contribution in [0.25, 0.3) is 0 Å². The molecule has 0 spiro atoms. The summed E-state index contributed by atoms with van der Waals surface area (Å²) in [5.74, 6) is -0.0447. The van der Waals surface area contributed by atoms with E-state index in [9.17, 15) is 18.0 Å². The summed E-state index contributed by atoms with van der Waals surface area (Å²) in [5, 5.41) is 0. The molecule has 2 N–H and O–H groups in total. The van der Waals surface area contributed by atoms with Crippen molar-refractivity contribution >= 4 is 21.8 Å². The van der Waals surface area contributed by atoms with Crippen molar-refractivity contribution in [2.24, 2.45) is 0 Å². The van der Waals surface area contributed by atoms with E-state index in [1.54, 1.807) is 0 Å². The third kappa shape index (κ3) is 6.79. The monoisotopic (exact) mass is 473 g/mol. The third-order valence-corrected chi connectivity index (χ3v) is 7.41. The molecule has 1 aliphatic rings. The van der Waals surface area contributed by atoms with E-state index in [1.807, 2.05) is 32.0 Å². The SMILES string of the molecule is Cc1ccc(C)c(OCCCCC(=O)NNC(=O)c2cccc(S(=O)(=O)N3CCCC3)c2)c1. The number of hydrazine groups is 1. The van der Waals surface area contributed by atoms with E-state index in [2.05, 4.69) is 10.9 Å². The molecule has 0 bridgehead atoms. The predicted octanol–water partition coefficient (Wildman–Crippen LogP) is 3.10. The Balaban J connectivity index is 1.41. The summed E-state index contributed by atoms with van der Waals surface area (Å²) >= 11 is 0. The van der Waals surface area contributed by atoms with Crippen molar-refractivity contribution in [2.75, 3.05) is 19.7 Å². The number of hydrogen-bond acceptors (Lipinski definition) is 5. The lowest BCUT2D eigenvalue weighted by atomic mass is 10.1. The van der Waals surface area contributed by atoms with Gasteiger partial charge in [-0.1, -0.05) is 18.2 Å². The molecule has 9 heteroatoms. The van der Waals surface area contributed by atoms with Gasteiger partial charge < -0.3 is 4.74 Å². The van der Waals surface area contributed by atoms with Crippen molar-refractivity contribution in [1.29, 1.82) is 0 Å². The molecule has 178 valence electrons. The lowest BCUT2D eigenvalue weighted by molar-refractivity contribution is -0.122. The van der Waals surface area contributed by atoms with Gasteiger partial charge in [0.2, 0.25) is 15.9 Å². The van der Waals surface area contributed by atoms with Crippen LogP contribution in [-0.2, 0) is 14.8 Å². The van der Waals surface area contributed by atoms with Gasteiger partial charge in [0.25, 0.3) is 5.91 Å². The first-order chi connectivity index (χ1) is 15.8. The van der Waals surface area contributed by atoms with Gasteiger partial charge in [-0.25, -0.2) is 8.42 Å². The van der Waals surface area contributed by atoms with Crippen LogP contribution < -0.4 is 15.6 Å². The normalized spacial score (nSPS) is 14.1. The smallest absolute Gasteiger partial charge is 0.269 e. The number of nitrogens with one attached hydrogen (secondary N) is 2. The number of aryl methyl sites for hydroxylation is 2. The van der Waals surface area contributed by atoms with Crippen molar-refractivity contribution < 1.29 is 22.7 Å². The Labute approximate surface area is 195 Å². The van der Waals surface area contributed by atoms with E-state index in [4.69, 9.17) is 4.74 Å². The first kappa shape index (κ1) is 24.7. The maximum absolute atomic E-state index is 12.7. The van der Waals surface area contributed by atoms with E-state index in [-0.39, 0.29) is 22.8 Å². The molecule has 0 aliphatic carbocycles. The zero-order valence-electron chi connectivity index (χ0n) is 19.1. The van der Waals surface area contributed by atoms with Crippen LogP contribution in [-0.4, -0.2) is 44.2 Å². The molecule has 0 aromatic heterocycles. The maximum Gasteiger partial charge on any atom is 0.269 e. The fourth-order valence-electron chi connectivity index (χ4n) is 3.57. The number of amides is 2. The molecule has 3 rings (SSSR count). The Morgan fingerprint density at radius 2 is 1.76 bits per heavy atom. The molecule has 1 fully saturated rings. The summed E-state index contributed by atoms with van der Waals surface area (Å²) in [6.07, 6.45) is 3.22.